The first kappa shape index (κ1) is 14.9. The van der Waals surface area contributed by atoms with Crippen molar-refractivity contribution in [3.05, 3.63) is 0 Å². The summed E-state index contributed by atoms with van der Waals surface area (Å²) >= 11 is 0. The Morgan fingerprint density at radius 3 is 2.35 bits per heavy atom. The Morgan fingerprint density at radius 2 is 1.88 bits per heavy atom. The third-order valence-electron chi connectivity index (χ3n) is 3.46. The predicted molar refractivity (Wildman–Crippen MR) is 70.1 cm³/mol. The zero-order chi connectivity index (χ0) is 12.9. The number of hydrogen-bond donors (Lipinski definition) is 2. The molecule has 1 aliphatic heterocycles. The summed E-state index contributed by atoms with van der Waals surface area (Å²) < 4.78 is 0. The van der Waals surface area contributed by atoms with Crippen molar-refractivity contribution in [2.45, 2.75) is 44.8 Å². The van der Waals surface area contributed by atoms with E-state index in [0.717, 1.165) is 45.4 Å². The van der Waals surface area contributed by atoms with Gasteiger partial charge in [-0.05, 0) is 53.2 Å². The highest BCUT2D eigenvalue weighted by molar-refractivity contribution is 4.81. The SMILES string of the molecule is CN(CCCO)C1CCN(CC(C)(C)O)CC1. The minimum absolute atomic E-state index is 0.280. The van der Waals surface area contributed by atoms with Gasteiger partial charge in [0.25, 0.3) is 0 Å². The summed E-state index contributed by atoms with van der Waals surface area (Å²) in [6.07, 6.45) is 3.19. The Hall–Kier alpha value is -0.160. The van der Waals surface area contributed by atoms with Crippen LogP contribution in [0.25, 0.3) is 0 Å². The lowest BCUT2D eigenvalue weighted by Gasteiger charge is -2.38. The maximum atomic E-state index is 9.78. The van der Waals surface area contributed by atoms with Gasteiger partial charge in [0.2, 0.25) is 0 Å². The molecule has 1 fully saturated rings. The van der Waals surface area contributed by atoms with Gasteiger partial charge in [-0.3, -0.25) is 0 Å². The smallest absolute Gasteiger partial charge is 0.0718 e. The Bertz CT molecular complexity index is 208. The molecule has 0 saturated carbocycles. The van der Waals surface area contributed by atoms with E-state index in [1.165, 1.54) is 0 Å². The maximum absolute atomic E-state index is 9.78. The molecule has 0 atom stereocenters. The molecule has 0 aromatic carbocycles. The molecule has 4 nitrogen and oxygen atoms in total. The van der Waals surface area contributed by atoms with Gasteiger partial charge in [0.15, 0.2) is 0 Å². The van der Waals surface area contributed by atoms with Crippen molar-refractivity contribution in [1.29, 1.82) is 0 Å². The molecule has 4 heteroatoms. The van der Waals surface area contributed by atoms with Gasteiger partial charge in [-0.2, -0.15) is 0 Å². The number of rotatable bonds is 6. The molecule has 1 heterocycles. The normalized spacial score (nSPS) is 20.1. The standard InChI is InChI=1S/C13H28N2O2/c1-13(2,17)11-15-8-5-12(6-9-15)14(3)7-4-10-16/h12,16-17H,4-11H2,1-3H3. The number of β-amino-alcohol motifs (C(OH)–C–C–N with tert-alkyl or cyclic N) is 1. The van der Waals surface area contributed by atoms with Gasteiger partial charge in [-0.1, -0.05) is 0 Å². The van der Waals surface area contributed by atoms with E-state index < -0.39 is 5.60 Å². The summed E-state index contributed by atoms with van der Waals surface area (Å²) in [5, 5.41) is 18.6. The fraction of sp³-hybridized carbons (Fsp3) is 1.00. The van der Waals surface area contributed by atoms with Crippen LogP contribution < -0.4 is 0 Å². The molecule has 1 saturated heterocycles. The van der Waals surface area contributed by atoms with E-state index in [9.17, 15) is 5.11 Å². The molecule has 0 bridgehead atoms. The van der Waals surface area contributed by atoms with E-state index in [1.54, 1.807) is 0 Å². The molecule has 1 rings (SSSR count). The van der Waals surface area contributed by atoms with Gasteiger partial charge < -0.3 is 20.0 Å². The second kappa shape index (κ2) is 6.69. The number of piperidine rings is 1. The van der Waals surface area contributed by atoms with Crippen LogP contribution >= 0.6 is 0 Å². The molecule has 0 aromatic heterocycles. The van der Waals surface area contributed by atoms with Crippen molar-refractivity contribution in [1.82, 2.24) is 9.80 Å². The van der Waals surface area contributed by atoms with Gasteiger partial charge in [-0.15, -0.1) is 0 Å². The summed E-state index contributed by atoms with van der Waals surface area (Å²) in [7, 11) is 2.14. The molecule has 0 aromatic rings. The average Bonchev–Trinajstić information content (AvgIpc) is 2.24. The Labute approximate surface area is 105 Å². The number of aliphatic hydroxyl groups is 2. The van der Waals surface area contributed by atoms with Gasteiger partial charge in [0.1, 0.15) is 0 Å². The van der Waals surface area contributed by atoms with Crippen LogP contribution in [0, 0.1) is 0 Å². The number of nitrogens with zero attached hydrogens (tertiary/aromatic N) is 2. The third kappa shape index (κ3) is 5.82. The van der Waals surface area contributed by atoms with Crippen molar-refractivity contribution in [3.63, 3.8) is 0 Å². The third-order valence-corrected chi connectivity index (χ3v) is 3.46. The van der Waals surface area contributed by atoms with Crippen LogP contribution in [-0.4, -0.2) is 71.5 Å². The van der Waals surface area contributed by atoms with Crippen molar-refractivity contribution in [2.24, 2.45) is 0 Å². The number of hydrogen-bond acceptors (Lipinski definition) is 4. The van der Waals surface area contributed by atoms with Crippen molar-refractivity contribution in [3.8, 4) is 0 Å². The summed E-state index contributed by atoms with van der Waals surface area (Å²) in [6, 6.07) is 0.639. The van der Waals surface area contributed by atoms with Crippen LogP contribution in [-0.2, 0) is 0 Å². The van der Waals surface area contributed by atoms with E-state index in [4.69, 9.17) is 5.11 Å². The fourth-order valence-electron chi connectivity index (χ4n) is 2.57. The van der Waals surface area contributed by atoms with Gasteiger partial charge in [0.05, 0.1) is 5.60 Å². The summed E-state index contributed by atoms with van der Waals surface area (Å²) in [5.41, 5.74) is -0.588. The van der Waals surface area contributed by atoms with E-state index in [2.05, 4.69) is 16.8 Å². The topological polar surface area (TPSA) is 46.9 Å². The van der Waals surface area contributed by atoms with Crippen LogP contribution in [0.3, 0.4) is 0 Å². The van der Waals surface area contributed by atoms with Crippen molar-refractivity contribution in [2.75, 3.05) is 39.8 Å². The number of likely N-dealkylation sites (tertiary alicyclic amines) is 1. The largest absolute Gasteiger partial charge is 0.396 e. The minimum Gasteiger partial charge on any atom is -0.396 e. The Morgan fingerprint density at radius 1 is 1.29 bits per heavy atom. The monoisotopic (exact) mass is 244 g/mol. The first-order valence-electron chi connectivity index (χ1n) is 6.68. The molecular weight excluding hydrogens is 216 g/mol. The first-order valence-corrected chi connectivity index (χ1v) is 6.68. The second-order valence-electron chi connectivity index (χ2n) is 5.88. The Balaban J connectivity index is 2.25. The maximum Gasteiger partial charge on any atom is 0.0718 e. The number of aliphatic hydroxyl groups excluding tert-OH is 1. The zero-order valence-corrected chi connectivity index (χ0v) is 11.5. The highest BCUT2D eigenvalue weighted by Gasteiger charge is 2.25. The van der Waals surface area contributed by atoms with Gasteiger partial charge in [0, 0.05) is 25.7 Å². The molecule has 0 radical (unpaired) electrons. The first-order chi connectivity index (χ1) is 7.92. The lowest BCUT2D eigenvalue weighted by Crippen LogP contribution is -2.47. The minimum atomic E-state index is -0.588. The van der Waals surface area contributed by atoms with Gasteiger partial charge >= 0.3 is 0 Å². The summed E-state index contributed by atoms with van der Waals surface area (Å²) in [5.74, 6) is 0. The molecule has 2 N–H and O–H groups in total. The second-order valence-corrected chi connectivity index (χ2v) is 5.88. The van der Waals surface area contributed by atoms with Crippen molar-refractivity contribution >= 4 is 0 Å². The molecule has 17 heavy (non-hydrogen) atoms. The predicted octanol–water partition coefficient (Wildman–Crippen LogP) is 0.536. The van der Waals surface area contributed by atoms with Crippen LogP contribution in [0.15, 0.2) is 0 Å². The van der Waals surface area contributed by atoms with Crippen molar-refractivity contribution < 1.29 is 10.2 Å². The highest BCUT2D eigenvalue weighted by Crippen LogP contribution is 2.17. The van der Waals surface area contributed by atoms with E-state index in [-0.39, 0.29) is 6.61 Å². The van der Waals surface area contributed by atoms with Crippen LogP contribution in [0.2, 0.25) is 0 Å². The summed E-state index contributed by atoms with van der Waals surface area (Å²) in [6.45, 7) is 7.89. The Kier molecular flexibility index (Phi) is 5.86. The molecule has 0 spiro atoms. The molecule has 1 aliphatic rings. The molecular formula is C13H28N2O2. The van der Waals surface area contributed by atoms with E-state index >= 15 is 0 Å². The molecule has 0 amide bonds. The lowest BCUT2D eigenvalue weighted by molar-refractivity contribution is 0.0192. The van der Waals surface area contributed by atoms with Crippen LogP contribution in [0.1, 0.15) is 33.1 Å². The molecule has 0 unspecified atom stereocenters. The molecule has 0 aliphatic carbocycles. The quantitative estimate of drug-likeness (QED) is 0.716. The fourth-order valence-corrected chi connectivity index (χ4v) is 2.57. The van der Waals surface area contributed by atoms with Crippen LogP contribution in [0.4, 0.5) is 0 Å². The van der Waals surface area contributed by atoms with E-state index in [1.807, 2.05) is 13.8 Å². The van der Waals surface area contributed by atoms with Crippen LogP contribution in [0.5, 0.6) is 0 Å². The average molecular weight is 244 g/mol. The summed E-state index contributed by atoms with van der Waals surface area (Å²) in [4.78, 5) is 4.70. The highest BCUT2D eigenvalue weighted by atomic mass is 16.3. The zero-order valence-electron chi connectivity index (χ0n) is 11.5. The van der Waals surface area contributed by atoms with Gasteiger partial charge in [-0.25, -0.2) is 0 Å². The lowest BCUT2D eigenvalue weighted by atomic mass is 10.0. The van der Waals surface area contributed by atoms with E-state index in [0.29, 0.717) is 6.04 Å². The molecule has 102 valence electrons.